The minimum atomic E-state index is -0.362. The van der Waals surface area contributed by atoms with E-state index in [0.29, 0.717) is 10.9 Å². The molecule has 88 valence electrons. The number of hydrogen-bond donors (Lipinski definition) is 2. The molecule has 1 rings (SSSR count). The van der Waals surface area contributed by atoms with Gasteiger partial charge in [0.25, 0.3) is 0 Å². The van der Waals surface area contributed by atoms with E-state index in [1.165, 1.54) is 11.8 Å². The van der Waals surface area contributed by atoms with Crippen molar-refractivity contribution in [1.29, 1.82) is 0 Å². The van der Waals surface area contributed by atoms with Crippen molar-refractivity contribution >= 4 is 17.7 Å². The smallest absolute Gasteiger partial charge is 0.235 e. The summed E-state index contributed by atoms with van der Waals surface area (Å²) in [6, 6.07) is 1.56. The van der Waals surface area contributed by atoms with Crippen molar-refractivity contribution in [2.24, 2.45) is 5.73 Å². The lowest BCUT2D eigenvalue weighted by atomic mass is 10.3. The number of likely N-dealkylation sites (N-methyl/N-ethyl adjacent to an activating group) is 1. The van der Waals surface area contributed by atoms with Crippen molar-refractivity contribution in [1.82, 2.24) is 15.3 Å². The van der Waals surface area contributed by atoms with Crippen LogP contribution in [0.25, 0.3) is 0 Å². The summed E-state index contributed by atoms with van der Waals surface area (Å²) in [5.74, 6) is 0.175. The molecule has 0 fully saturated rings. The molecule has 1 heterocycles. The third-order valence-electron chi connectivity index (χ3n) is 2.03. The van der Waals surface area contributed by atoms with E-state index >= 15 is 0 Å². The summed E-state index contributed by atoms with van der Waals surface area (Å²) < 4.78 is 0. The van der Waals surface area contributed by atoms with Gasteiger partial charge >= 0.3 is 0 Å². The molecule has 6 heteroatoms. The zero-order valence-electron chi connectivity index (χ0n) is 9.65. The summed E-state index contributed by atoms with van der Waals surface area (Å²) in [6.45, 7) is 3.84. The van der Waals surface area contributed by atoms with Gasteiger partial charge in [0.15, 0.2) is 5.16 Å². The molecule has 16 heavy (non-hydrogen) atoms. The number of amides is 1. The number of rotatable bonds is 5. The maximum absolute atomic E-state index is 11.0. The quantitative estimate of drug-likeness (QED) is 0.570. The van der Waals surface area contributed by atoms with Gasteiger partial charge in [-0.2, -0.15) is 0 Å². The molecule has 0 saturated carbocycles. The Balaban J connectivity index is 2.63. The van der Waals surface area contributed by atoms with E-state index in [1.807, 2.05) is 19.9 Å². The van der Waals surface area contributed by atoms with E-state index in [-0.39, 0.29) is 11.9 Å². The maximum atomic E-state index is 11.0. The van der Waals surface area contributed by atoms with Crippen LogP contribution in [0.2, 0.25) is 0 Å². The molecular formula is C10H16N4OS. The number of carbonyl (C=O) groups excluding carboxylic acids is 1. The average molecular weight is 240 g/mol. The van der Waals surface area contributed by atoms with Crippen LogP contribution >= 0.6 is 11.8 Å². The fourth-order valence-electron chi connectivity index (χ4n) is 1.22. The Morgan fingerprint density at radius 1 is 1.50 bits per heavy atom. The third-order valence-corrected chi connectivity index (χ3v) is 2.97. The highest BCUT2D eigenvalue weighted by atomic mass is 32.2. The van der Waals surface area contributed by atoms with Crippen molar-refractivity contribution in [2.75, 3.05) is 12.8 Å². The van der Waals surface area contributed by atoms with Crippen molar-refractivity contribution in [3.8, 4) is 0 Å². The maximum Gasteiger partial charge on any atom is 0.235 e. The van der Waals surface area contributed by atoms with Crippen LogP contribution in [0.3, 0.4) is 0 Å². The van der Waals surface area contributed by atoms with E-state index in [1.54, 1.807) is 7.05 Å². The van der Waals surface area contributed by atoms with Crippen LogP contribution in [-0.4, -0.2) is 34.7 Å². The SMILES string of the molecule is CNC(CSc1nc(C)cc(C)n1)C(N)=O. The van der Waals surface area contributed by atoms with Gasteiger partial charge in [0.1, 0.15) is 0 Å². The van der Waals surface area contributed by atoms with E-state index in [2.05, 4.69) is 15.3 Å². The number of nitrogens with two attached hydrogens (primary N) is 1. The Morgan fingerprint density at radius 2 is 2.06 bits per heavy atom. The molecule has 0 radical (unpaired) electrons. The molecular weight excluding hydrogens is 224 g/mol. The number of thioether (sulfide) groups is 1. The fraction of sp³-hybridized carbons (Fsp3) is 0.500. The first-order chi connectivity index (χ1) is 7.52. The second-order valence-electron chi connectivity index (χ2n) is 3.49. The average Bonchev–Trinajstić information content (AvgIpc) is 2.16. The Morgan fingerprint density at radius 3 is 2.50 bits per heavy atom. The van der Waals surface area contributed by atoms with E-state index in [0.717, 1.165) is 11.4 Å². The number of nitrogens with zero attached hydrogens (tertiary/aromatic N) is 2. The molecule has 1 atom stereocenters. The van der Waals surface area contributed by atoms with Gasteiger partial charge in [-0.25, -0.2) is 9.97 Å². The highest BCUT2D eigenvalue weighted by Crippen LogP contribution is 2.14. The van der Waals surface area contributed by atoms with Gasteiger partial charge in [0.2, 0.25) is 5.91 Å². The Bertz CT molecular complexity index is 363. The van der Waals surface area contributed by atoms with Gasteiger partial charge in [0.05, 0.1) is 6.04 Å². The highest BCUT2D eigenvalue weighted by Gasteiger charge is 2.13. The predicted octanol–water partition coefficient (Wildman–Crippen LogP) is 0.259. The molecule has 3 N–H and O–H groups in total. The number of primary amides is 1. The zero-order valence-corrected chi connectivity index (χ0v) is 10.5. The second kappa shape index (κ2) is 5.81. The second-order valence-corrected chi connectivity index (χ2v) is 4.48. The predicted molar refractivity (Wildman–Crippen MR) is 64.3 cm³/mol. The van der Waals surface area contributed by atoms with Crippen molar-refractivity contribution < 1.29 is 4.79 Å². The first-order valence-electron chi connectivity index (χ1n) is 4.94. The van der Waals surface area contributed by atoms with Gasteiger partial charge < -0.3 is 11.1 Å². The molecule has 0 bridgehead atoms. The van der Waals surface area contributed by atoms with Crippen molar-refractivity contribution in [3.63, 3.8) is 0 Å². The summed E-state index contributed by atoms with van der Waals surface area (Å²) in [5.41, 5.74) is 7.07. The topological polar surface area (TPSA) is 80.9 Å². The van der Waals surface area contributed by atoms with E-state index < -0.39 is 0 Å². The first-order valence-corrected chi connectivity index (χ1v) is 5.93. The van der Waals surface area contributed by atoms with Gasteiger partial charge in [0, 0.05) is 17.1 Å². The molecule has 1 aromatic heterocycles. The van der Waals surface area contributed by atoms with E-state index in [4.69, 9.17) is 5.73 Å². The monoisotopic (exact) mass is 240 g/mol. The molecule has 0 spiro atoms. The Kier molecular flexibility index (Phi) is 4.70. The van der Waals surface area contributed by atoms with Gasteiger partial charge in [-0.1, -0.05) is 11.8 Å². The molecule has 1 unspecified atom stereocenters. The summed E-state index contributed by atoms with van der Waals surface area (Å²) in [6.07, 6.45) is 0. The molecule has 0 aliphatic carbocycles. The summed E-state index contributed by atoms with van der Waals surface area (Å²) >= 11 is 1.42. The molecule has 0 aliphatic rings. The molecule has 0 aliphatic heterocycles. The highest BCUT2D eigenvalue weighted by molar-refractivity contribution is 7.99. The number of nitrogens with one attached hydrogen (secondary N) is 1. The molecule has 0 saturated heterocycles. The minimum absolute atomic E-state index is 0.352. The first kappa shape index (κ1) is 12.9. The van der Waals surface area contributed by atoms with E-state index in [9.17, 15) is 4.79 Å². The molecule has 1 amide bonds. The van der Waals surface area contributed by atoms with Crippen LogP contribution in [-0.2, 0) is 4.79 Å². The van der Waals surface area contributed by atoms with Gasteiger partial charge in [-0.15, -0.1) is 0 Å². The largest absolute Gasteiger partial charge is 0.368 e. The molecule has 5 nitrogen and oxygen atoms in total. The summed E-state index contributed by atoms with van der Waals surface area (Å²) in [5, 5.41) is 3.53. The van der Waals surface area contributed by atoms with Crippen molar-refractivity contribution in [2.45, 2.75) is 25.0 Å². The van der Waals surface area contributed by atoms with Gasteiger partial charge in [-0.3, -0.25) is 4.79 Å². The van der Waals surface area contributed by atoms with Crippen LogP contribution in [0.1, 0.15) is 11.4 Å². The zero-order chi connectivity index (χ0) is 12.1. The lowest BCUT2D eigenvalue weighted by Crippen LogP contribution is -2.41. The lowest BCUT2D eigenvalue weighted by Gasteiger charge is -2.10. The summed E-state index contributed by atoms with van der Waals surface area (Å²) in [7, 11) is 1.71. The van der Waals surface area contributed by atoms with Gasteiger partial charge in [-0.05, 0) is 27.0 Å². The Labute approximate surface area is 99.2 Å². The summed E-state index contributed by atoms with van der Waals surface area (Å²) in [4.78, 5) is 19.5. The standard InChI is InChI=1S/C10H16N4OS/c1-6-4-7(2)14-10(13-6)16-5-8(12-3)9(11)15/h4,8,12H,5H2,1-3H3,(H2,11,15). The van der Waals surface area contributed by atoms with Crippen LogP contribution in [0.15, 0.2) is 11.2 Å². The number of carbonyl (C=O) groups is 1. The fourth-order valence-corrected chi connectivity index (χ4v) is 2.29. The van der Waals surface area contributed by atoms with Crippen LogP contribution in [0.4, 0.5) is 0 Å². The Hall–Kier alpha value is -1.14. The number of aryl methyl sites for hydroxylation is 2. The molecule has 1 aromatic rings. The van der Waals surface area contributed by atoms with Crippen LogP contribution in [0.5, 0.6) is 0 Å². The minimum Gasteiger partial charge on any atom is -0.368 e. The van der Waals surface area contributed by atoms with Crippen LogP contribution < -0.4 is 11.1 Å². The normalized spacial score (nSPS) is 12.4. The number of aromatic nitrogens is 2. The third kappa shape index (κ3) is 3.79. The van der Waals surface area contributed by atoms with Crippen LogP contribution in [0, 0.1) is 13.8 Å². The number of hydrogen-bond acceptors (Lipinski definition) is 5. The molecule has 0 aromatic carbocycles. The van der Waals surface area contributed by atoms with Crippen molar-refractivity contribution in [3.05, 3.63) is 17.5 Å². The lowest BCUT2D eigenvalue weighted by molar-refractivity contribution is -0.119.